The van der Waals surface area contributed by atoms with Gasteiger partial charge in [0.05, 0.1) is 0 Å². The number of aromatic nitrogens is 3. The molecule has 0 aliphatic heterocycles. The van der Waals surface area contributed by atoms with Gasteiger partial charge in [0.2, 0.25) is 0 Å². The summed E-state index contributed by atoms with van der Waals surface area (Å²) in [5, 5.41) is 7.24. The molecule has 6 nitrogen and oxygen atoms in total. The maximum Gasteiger partial charge on any atom is 0.378 e. The van der Waals surface area contributed by atoms with Gasteiger partial charge in [-0.05, 0) is 17.3 Å². The van der Waals surface area contributed by atoms with Crippen molar-refractivity contribution < 1.29 is 13.0 Å². The molecule has 0 saturated heterocycles. The fourth-order valence-corrected chi connectivity index (χ4v) is 1.19. The number of nitrogens with zero attached hydrogens (tertiary/aromatic N) is 3. The summed E-state index contributed by atoms with van der Waals surface area (Å²) in [7, 11) is 0. The Kier molecular flexibility index (Phi) is 1.95. The first kappa shape index (κ1) is 8.14. The molecule has 13 heavy (non-hydrogen) atoms. The normalized spacial score (nSPS) is 13.0. The van der Waals surface area contributed by atoms with Crippen molar-refractivity contribution in [3.63, 3.8) is 0 Å². The van der Waals surface area contributed by atoms with Crippen LogP contribution in [0.1, 0.15) is 0 Å². The summed E-state index contributed by atoms with van der Waals surface area (Å²) in [4.78, 5) is 0.908. The number of hydrogen-bond donors (Lipinski definition) is 1. The Balaban J connectivity index is 2.51. The number of benzene rings is 1. The van der Waals surface area contributed by atoms with E-state index in [1.165, 1.54) is 0 Å². The molecule has 68 valence electrons. The van der Waals surface area contributed by atoms with Gasteiger partial charge in [0.1, 0.15) is 11.0 Å². The Bertz CT molecular complexity index is 455. The summed E-state index contributed by atoms with van der Waals surface area (Å²) in [5.74, 6) is 0. The van der Waals surface area contributed by atoms with E-state index in [-0.39, 0.29) is 0 Å². The molecule has 0 radical (unpaired) electrons. The lowest BCUT2D eigenvalue weighted by atomic mass is 10.3. The minimum Gasteiger partial charge on any atom is -0.273 e. The zero-order chi connectivity index (χ0) is 9.26. The third kappa shape index (κ3) is 1.51. The van der Waals surface area contributed by atoms with E-state index in [4.69, 9.17) is 4.55 Å². The average Bonchev–Trinajstić information content (AvgIpc) is 2.48. The zero-order valence-corrected chi connectivity index (χ0v) is 7.14. The first-order chi connectivity index (χ1) is 6.27. The number of hydrogen-bond acceptors (Lipinski definition) is 4. The Morgan fingerprint density at radius 2 is 2.23 bits per heavy atom. The van der Waals surface area contributed by atoms with Crippen molar-refractivity contribution in [1.29, 1.82) is 0 Å². The van der Waals surface area contributed by atoms with Gasteiger partial charge in [-0.3, -0.25) is 8.84 Å². The van der Waals surface area contributed by atoms with E-state index >= 15 is 0 Å². The van der Waals surface area contributed by atoms with Crippen LogP contribution < -0.4 is 4.28 Å². The maximum absolute atomic E-state index is 10.3. The SMILES string of the molecule is O=S(O)On1nnc2ccccc21. The van der Waals surface area contributed by atoms with Gasteiger partial charge < -0.3 is 0 Å². The molecule has 2 aromatic rings. The summed E-state index contributed by atoms with van der Waals surface area (Å²) < 4.78 is 23.2. The summed E-state index contributed by atoms with van der Waals surface area (Å²) >= 11 is -2.39. The quantitative estimate of drug-likeness (QED) is 0.688. The Morgan fingerprint density at radius 3 is 3.00 bits per heavy atom. The molecule has 1 aromatic carbocycles. The Labute approximate surface area is 75.6 Å². The predicted molar refractivity (Wildman–Crippen MR) is 44.9 cm³/mol. The molecule has 0 amide bonds. The second-order valence-electron chi connectivity index (χ2n) is 2.24. The van der Waals surface area contributed by atoms with Crippen LogP contribution in [0.4, 0.5) is 0 Å². The molecule has 1 atom stereocenters. The average molecular weight is 199 g/mol. The molecule has 7 heteroatoms. The van der Waals surface area contributed by atoms with E-state index in [1.54, 1.807) is 24.3 Å². The summed E-state index contributed by atoms with van der Waals surface area (Å²) in [6.07, 6.45) is 0. The van der Waals surface area contributed by atoms with Gasteiger partial charge in [-0.1, -0.05) is 17.0 Å². The Hall–Kier alpha value is -1.47. The highest BCUT2D eigenvalue weighted by molar-refractivity contribution is 7.74. The molecule has 0 aliphatic carbocycles. The minimum atomic E-state index is -2.39. The van der Waals surface area contributed by atoms with Crippen LogP contribution in [-0.4, -0.2) is 23.9 Å². The van der Waals surface area contributed by atoms with Crippen LogP contribution in [0.2, 0.25) is 0 Å². The molecule has 0 bridgehead atoms. The third-order valence-corrected chi connectivity index (χ3v) is 1.72. The van der Waals surface area contributed by atoms with E-state index in [2.05, 4.69) is 14.6 Å². The lowest BCUT2D eigenvalue weighted by Gasteiger charge is -1.96. The topological polar surface area (TPSA) is 77.2 Å². The molecule has 0 fully saturated rings. The van der Waals surface area contributed by atoms with Crippen molar-refractivity contribution in [2.75, 3.05) is 0 Å². The fraction of sp³-hybridized carbons (Fsp3) is 0. The van der Waals surface area contributed by atoms with E-state index in [0.717, 1.165) is 4.85 Å². The largest absolute Gasteiger partial charge is 0.378 e. The molecule has 1 unspecified atom stereocenters. The van der Waals surface area contributed by atoms with Crippen molar-refractivity contribution in [2.45, 2.75) is 0 Å². The number of rotatable bonds is 2. The van der Waals surface area contributed by atoms with Gasteiger partial charge in [0.25, 0.3) is 0 Å². The predicted octanol–water partition coefficient (Wildman–Crippen LogP) is -0.00340. The van der Waals surface area contributed by atoms with Gasteiger partial charge in [0.15, 0.2) is 0 Å². The van der Waals surface area contributed by atoms with Crippen LogP contribution in [0.3, 0.4) is 0 Å². The smallest absolute Gasteiger partial charge is 0.273 e. The molecule has 1 aromatic heterocycles. The van der Waals surface area contributed by atoms with Crippen LogP contribution in [0.5, 0.6) is 0 Å². The van der Waals surface area contributed by atoms with Crippen molar-refractivity contribution in [2.24, 2.45) is 0 Å². The molecule has 0 spiro atoms. The van der Waals surface area contributed by atoms with Crippen LogP contribution >= 0.6 is 0 Å². The molecule has 0 saturated carbocycles. The van der Waals surface area contributed by atoms with Crippen molar-refractivity contribution in [3.05, 3.63) is 24.3 Å². The van der Waals surface area contributed by atoms with Crippen molar-refractivity contribution in [3.8, 4) is 0 Å². The molecule has 1 heterocycles. The molecule has 1 N–H and O–H groups in total. The molecule has 0 aliphatic rings. The van der Waals surface area contributed by atoms with E-state index in [9.17, 15) is 4.21 Å². The summed E-state index contributed by atoms with van der Waals surface area (Å²) in [6, 6.07) is 6.95. The van der Waals surface area contributed by atoms with Crippen LogP contribution in [-0.2, 0) is 11.4 Å². The Morgan fingerprint density at radius 1 is 1.46 bits per heavy atom. The van der Waals surface area contributed by atoms with Crippen molar-refractivity contribution >= 4 is 22.4 Å². The molecule has 2 rings (SSSR count). The van der Waals surface area contributed by atoms with Crippen LogP contribution in [0.15, 0.2) is 24.3 Å². The zero-order valence-electron chi connectivity index (χ0n) is 6.32. The monoisotopic (exact) mass is 199 g/mol. The minimum absolute atomic E-state index is 0.546. The van der Waals surface area contributed by atoms with Gasteiger partial charge >= 0.3 is 11.4 Å². The standard InChI is InChI=1S/C6H5N3O3S/c10-13(11)12-9-6-4-2-1-3-5(6)7-8-9/h1-4H,(H,10,11). The van der Waals surface area contributed by atoms with E-state index in [1.807, 2.05) is 0 Å². The summed E-state index contributed by atoms with van der Waals surface area (Å²) in [5.41, 5.74) is 1.15. The van der Waals surface area contributed by atoms with Gasteiger partial charge in [-0.15, -0.1) is 5.10 Å². The van der Waals surface area contributed by atoms with Crippen LogP contribution in [0.25, 0.3) is 11.0 Å². The summed E-state index contributed by atoms with van der Waals surface area (Å²) in [6.45, 7) is 0. The highest BCUT2D eigenvalue weighted by atomic mass is 32.2. The van der Waals surface area contributed by atoms with Crippen molar-refractivity contribution in [1.82, 2.24) is 15.2 Å². The molecular formula is C6H5N3O3S. The van der Waals surface area contributed by atoms with E-state index < -0.39 is 11.4 Å². The molecular weight excluding hydrogens is 194 g/mol. The number of para-hydroxylation sites is 1. The second kappa shape index (κ2) is 3.11. The first-order valence-electron chi connectivity index (χ1n) is 3.37. The van der Waals surface area contributed by atoms with Gasteiger partial charge in [-0.2, -0.15) is 4.21 Å². The maximum atomic E-state index is 10.3. The lowest BCUT2D eigenvalue weighted by Crippen LogP contribution is -2.14. The van der Waals surface area contributed by atoms with Crippen LogP contribution in [0, 0.1) is 0 Å². The highest BCUT2D eigenvalue weighted by Gasteiger charge is 2.05. The second-order valence-corrected chi connectivity index (χ2v) is 2.83. The third-order valence-electron chi connectivity index (χ3n) is 1.46. The van der Waals surface area contributed by atoms with E-state index in [0.29, 0.717) is 11.0 Å². The highest BCUT2D eigenvalue weighted by Crippen LogP contribution is 2.07. The van der Waals surface area contributed by atoms with Gasteiger partial charge in [-0.25, -0.2) is 0 Å². The number of fused-ring (bicyclic) bond motifs is 1. The lowest BCUT2D eigenvalue weighted by molar-refractivity contribution is 0.238. The fourth-order valence-electron chi connectivity index (χ4n) is 0.963. The van der Waals surface area contributed by atoms with Gasteiger partial charge in [0, 0.05) is 0 Å². The first-order valence-corrected chi connectivity index (χ1v) is 4.40.